The first-order chi connectivity index (χ1) is 7.54. The Labute approximate surface area is 94.9 Å². The molecule has 4 heteroatoms. The van der Waals surface area contributed by atoms with E-state index in [4.69, 9.17) is 15.9 Å². The zero-order valence-corrected chi connectivity index (χ0v) is 9.59. The molecule has 0 heterocycles. The first-order valence-corrected chi connectivity index (χ1v) is 5.35. The van der Waals surface area contributed by atoms with Crippen LogP contribution in [0.25, 0.3) is 0 Å². The van der Waals surface area contributed by atoms with E-state index in [1.54, 1.807) is 6.07 Å². The van der Waals surface area contributed by atoms with Crippen LogP contribution in [0, 0.1) is 11.2 Å². The van der Waals surface area contributed by atoms with Gasteiger partial charge in [0.05, 0.1) is 6.10 Å². The average Bonchev–Trinajstić information content (AvgIpc) is 2.21. The lowest BCUT2D eigenvalue weighted by molar-refractivity contribution is 0.201. The summed E-state index contributed by atoms with van der Waals surface area (Å²) < 4.78 is 19.0. The van der Waals surface area contributed by atoms with Crippen LogP contribution in [0.15, 0.2) is 18.2 Å². The molecular weight excluding hydrogens is 207 g/mol. The monoisotopic (exact) mass is 224 g/mol. The third-order valence-electron chi connectivity index (χ3n) is 2.27. The number of benzene rings is 1. The van der Waals surface area contributed by atoms with E-state index in [0.29, 0.717) is 5.56 Å². The molecule has 1 rings (SSSR count). The van der Waals surface area contributed by atoms with Crippen LogP contribution < -0.4 is 10.5 Å². The Balaban J connectivity index is 2.79. The van der Waals surface area contributed by atoms with Gasteiger partial charge in [-0.15, -0.1) is 0 Å². The molecule has 3 N–H and O–H groups in total. The van der Waals surface area contributed by atoms with Crippen molar-refractivity contribution in [2.45, 2.75) is 32.8 Å². The molecule has 0 amide bonds. The standard InChI is InChI=1S/C12H17FN2O/c1-3-4-8(2)16-11-6-5-9(12(14)15)7-10(11)13/h5-8H,3-4H2,1-2H3,(H3,14,15). The molecule has 0 aromatic heterocycles. The van der Waals surface area contributed by atoms with Crippen LogP contribution in [0.2, 0.25) is 0 Å². The molecule has 0 radical (unpaired) electrons. The van der Waals surface area contributed by atoms with Gasteiger partial charge in [0.1, 0.15) is 5.84 Å². The zero-order valence-electron chi connectivity index (χ0n) is 9.59. The number of hydrogen-bond donors (Lipinski definition) is 2. The minimum atomic E-state index is -0.476. The highest BCUT2D eigenvalue weighted by molar-refractivity contribution is 5.95. The van der Waals surface area contributed by atoms with Gasteiger partial charge in [-0.25, -0.2) is 4.39 Å². The second kappa shape index (κ2) is 5.49. The molecule has 3 nitrogen and oxygen atoms in total. The Kier molecular flexibility index (Phi) is 4.28. The van der Waals surface area contributed by atoms with Gasteiger partial charge in [0.2, 0.25) is 0 Å². The van der Waals surface area contributed by atoms with Gasteiger partial charge < -0.3 is 10.5 Å². The first-order valence-electron chi connectivity index (χ1n) is 5.35. The van der Waals surface area contributed by atoms with E-state index in [2.05, 4.69) is 6.92 Å². The Morgan fingerprint density at radius 1 is 1.56 bits per heavy atom. The summed E-state index contributed by atoms with van der Waals surface area (Å²) in [6.07, 6.45) is 1.87. The summed E-state index contributed by atoms with van der Waals surface area (Å²) in [7, 11) is 0. The van der Waals surface area contributed by atoms with Crippen LogP contribution in [-0.4, -0.2) is 11.9 Å². The van der Waals surface area contributed by atoms with Gasteiger partial charge in [-0.1, -0.05) is 13.3 Å². The lowest BCUT2D eigenvalue weighted by atomic mass is 10.2. The van der Waals surface area contributed by atoms with Gasteiger partial charge >= 0.3 is 0 Å². The van der Waals surface area contributed by atoms with Crippen LogP contribution in [0.5, 0.6) is 5.75 Å². The molecule has 16 heavy (non-hydrogen) atoms. The Hall–Kier alpha value is -1.58. The van der Waals surface area contributed by atoms with E-state index in [9.17, 15) is 4.39 Å². The van der Waals surface area contributed by atoms with Crippen molar-refractivity contribution in [1.29, 1.82) is 5.41 Å². The lowest BCUT2D eigenvalue weighted by Crippen LogP contribution is -2.14. The fourth-order valence-electron chi connectivity index (χ4n) is 1.45. The molecule has 0 aliphatic carbocycles. The van der Waals surface area contributed by atoms with Crippen molar-refractivity contribution >= 4 is 5.84 Å². The van der Waals surface area contributed by atoms with Crippen LogP contribution in [0.3, 0.4) is 0 Å². The normalized spacial score (nSPS) is 12.2. The molecule has 0 aliphatic rings. The fourth-order valence-corrected chi connectivity index (χ4v) is 1.45. The van der Waals surface area contributed by atoms with Crippen molar-refractivity contribution in [3.05, 3.63) is 29.6 Å². The number of amidine groups is 1. The van der Waals surface area contributed by atoms with Crippen molar-refractivity contribution in [2.75, 3.05) is 0 Å². The van der Waals surface area contributed by atoms with Crippen molar-refractivity contribution in [3.8, 4) is 5.75 Å². The molecule has 88 valence electrons. The highest BCUT2D eigenvalue weighted by Crippen LogP contribution is 2.20. The molecule has 1 aromatic rings. The van der Waals surface area contributed by atoms with Gasteiger partial charge in [0.15, 0.2) is 11.6 Å². The SMILES string of the molecule is CCCC(C)Oc1ccc(C(=N)N)cc1F. The lowest BCUT2D eigenvalue weighted by Gasteiger charge is -2.14. The van der Waals surface area contributed by atoms with E-state index in [1.807, 2.05) is 6.92 Å². The summed E-state index contributed by atoms with van der Waals surface area (Å²) in [6, 6.07) is 4.31. The third kappa shape index (κ3) is 3.22. The van der Waals surface area contributed by atoms with Gasteiger partial charge in [-0.3, -0.25) is 5.41 Å². The van der Waals surface area contributed by atoms with E-state index in [1.165, 1.54) is 12.1 Å². The quantitative estimate of drug-likeness (QED) is 0.596. The molecule has 1 unspecified atom stereocenters. The van der Waals surface area contributed by atoms with E-state index in [0.717, 1.165) is 12.8 Å². The fraction of sp³-hybridized carbons (Fsp3) is 0.417. The number of nitrogen functional groups attached to an aromatic ring is 1. The minimum absolute atomic E-state index is 0.0114. The summed E-state index contributed by atoms with van der Waals surface area (Å²) >= 11 is 0. The van der Waals surface area contributed by atoms with Crippen LogP contribution in [0.1, 0.15) is 32.3 Å². The van der Waals surface area contributed by atoms with E-state index >= 15 is 0 Å². The van der Waals surface area contributed by atoms with Crippen LogP contribution in [0.4, 0.5) is 4.39 Å². The Bertz CT molecular complexity index is 379. The van der Waals surface area contributed by atoms with E-state index < -0.39 is 5.82 Å². The summed E-state index contributed by atoms with van der Waals surface area (Å²) in [6.45, 7) is 3.96. The highest BCUT2D eigenvalue weighted by atomic mass is 19.1. The maximum atomic E-state index is 13.5. The predicted octanol–water partition coefficient (Wildman–Crippen LogP) is 2.68. The maximum absolute atomic E-state index is 13.5. The van der Waals surface area contributed by atoms with Gasteiger partial charge in [-0.2, -0.15) is 0 Å². The molecular formula is C12H17FN2O. The number of ether oxygens (including phenoxy) is 1. The second-order valence-corrected chi connectivity index (χ2v) is 3.78. The van der Waals surface area contributed by atoms with Gasteiger partial charge in [-0.05, 0) is 31.5 Å². The molecule has 0 bridgehead atoms. The second-order valence-electron chi connectivity index (χ2n) is 3.78. The number of nitrogens with two attached hydrogens (primary N) is 1. The molecule has 0 fully saturated rings. The van der Waals surface area contributed by atoms with Crippen LogP contribution >= 0.6 is 0 Å². The number of halogens is 1. The molecule has 0 aliphatic heterocycles. The topological polar surface area (TPSA) is 59.1 Å². The Morgan fingerprint density at radius 3 is 2.75 bits per heavy atom. The smallest absolute Gasteiger partial charge is 0.165 e. The Morgan fingerprint density at radius 2 is 2.25 bits per heavy atom. The predicted molar refractivity (Wildman–Crippen MR) is 62.4 cm³/mol. The van der Waals surface area contributed by atoms with Crippen molar-refractivity contribution in [1.82, 2.24) is 0 Å². The summed E-state index contributed by atoms with van der Waals surface area (Å²) in [5, 5.41) is 7.18. The zero-order chi connectivity index (χ0) is 12.1. The van der Waals surface area contributed by atoms with Crippen molar-refractivity contribution < 1.29 is 9.13 Å². The molecule has 0 saturated carbocycles. The molecule has 0 spiro atoms. The number of rotatable bonds is 5. The average molecular weight is 224 g/mol. The largest absolute Gasteiger partial charge is 0.488 e. The minimum Gasteiger partial charge on any atom is -0.488 e. The first kappa shape index (κ1) is 12.5. The maximum Gasteiger partial charge on any atom is 0.165 e. The number of hydrogen-bond acceptors (Lipinski definition) is 2. The summed E-state index contributed by atoms with van der Waals surface area (Å²) in [5.41, 5.74) is 5.63. The summed E-state index contributed by atoms with van der Waals surface area (Å²) in [4.78, 5) is 0. The van der Waals surface area contributed by atoms with Crippen LogP contribution in [-0.2, 0) is 0 Å². The summed E-state index contributed by atoms with van der Waals surface area (Å²) in [5.74, 6) is -0.409. The molecule has 1 aromatic carbocycles. The number of nitrogens with one attached hydrogen (secondary N) is 1. The molecule has 0 saturated heterocycles. The van der Waals surface area contributed by atoms with E-state index in [-0.39, 0.29) is 17.7 Å². The van der Waals surface area contributed by atoms with Gasteiger partial charge in [0, 0.05) is 5.56 Å². The van der Waals surface area contributed by atoms with Crippen molar-refractivity contribution in [3.63, 3.8) is 0 Å². The van der Waals surface area contributed by atoms with Gasteiger partial charge in [0.25, 0.3) is 0 Å². The highest BCUT2D eigenvalue weighted by Gasteiger charge is 2.09. The van der Waals surface area contributed by atoms with Crippen molar-refractivity contribution in [2.24, 2.45) is 5.73 Å². The third-order valence-corrected chi connectivity index (χ3v) is 2.27. The molecule has 1 atom stereocenters.